The highest BCUT2D eigenvalue weighted by atomic mass is 79.9. The maximum Gasteiger partial charge on any atom is 0.254 e. The Morgan fingerprint density at radius 3 is 2.60 bits per heavy atom. The number of rotatable bonds is 4. The molecule has 25 heavy (non-hydrogen) atoms. The highest BCUT2D eigenvalue weighted by Crippen LogP contribution is 2.27. The molecule has 0 unspecified atom stereocenters. The van der Waals surface area contributed by atoms with E-state index in [1.807, 2.05) is 31.2 Å². The Labute approximate surface area is 163 Å². The fraction of sp³-hybridized carbons (Fsp3) is 0.444. The van der Waals surface area contributed by atoms with Crippen LogP contribution in [0, 0.1) is 12.3 Å². The van der Waals surface area contributed by atoms with Gasteiger partial charge in [-0.1, -0.05) is 22.9 Å². The van der Waals surface area contributed by atoms with E-state index in [1.54, 1.807) is 10.9 Å². The van der Waals surface area contributed by atoms with E-state index in [1.165, 1.54) is 0 Å². The first-order chi connectivity index (χ1) is 11.5. The minimum absolute atomic E-state index is 0. The second-order valence-electron chi connectivity index (χ2n) is 6.78. The van der Waals surface area contributed by atoms with E-state index in [9.17, 15) is 4.79 Å². The number of amides is 1. The molecule has 1 aromatic carbocycles. The van der Waals surface area contributed by atoms with E-state index in [-0.39, 0.29) is 23.7 Å². The maximum absolute atomic E-state index is 12.6. The lowest BCUT2D eigenvalue weighted by molar-refractivity contribution is 0.0921. The van der Waals surface area contributed by atoms with Crippen LogP contribution >= 0.6 is 28.3 Å². The molecule has 0 bridgehead atoms. The summed E-state index contributed by atoms with van der Waals surface area (Å²) >= 11 is 3.43. The van der Waals surface area contributed by atoms with Crippen LogP contribution in [0.2, 0.25) is 0 Å². The van der Waals surface area contributed by atoms with Gasteiger partial charge in [-0.3, -0.25) is 4.79 Å². The largest absolute Gasteiger partial charge is 0.351 e. The number of hydrogen-bond acceptors (Lipinski definition) is 3. The highest BCUT2D eigenvalue weighted by Gasteiger charge is 2.27. The smallest absolute Gasteiger partial charge is 0.254 e. The molecule has 3 rings (SSSR count). The predicted octanol–water partition coefficient (Wildman–Crippen LogP) is 3.48. The van der Waals surface area contributed by atoms with Gasteiger partial charge in [-0.05, 0) is 62.5 Å². The van der Waals surface area contributed by atoms with Gasteiger partial charge in [0.25, 0.3) is 5.91 Å². The van der Waals surface area contributed by atoms with Crippen LogP contribution in [0.4, 0.5) is 0 Å². The molecule has 1 fully saturated rings. The van der Waals surface area contributed by atoms with Crippen LogP contribution in [-0.4, -0.2) is 35.3 Å². The number of nitrogens with one attached hydrogen (secondary N) is 2. The minimum atomic E-state index is -0.0457. The summed E-state index contributed by atoms with van der Waals surface area (Å²) in [4.78, 5) is 12.6. The molecule has 1 saturated heterocycles. The Morgan fingerprint density at radius 1 is 1.32 bits per heavy atom. The summed E-state index contributed by atoms with van der Waals surface area (Å²) < 4.78 is 2.82. The van der Waals surface area contributed by atoms with E-state index in [4.69, 9.17) is 0 Å². The van der Waals surface area contributed by atoms with Crippen LogP contribution in [0.3, 0.4) is 0 Å². The predicted molar refractivity (Wildman–Crippen MR) is 106 cm³/mol. The van der Waals surface area contributed by atoms with Crippen molar-refractivity contribution in [3.05, 3.63) is 46.2 Å². The molecule has 1 aliphatic heterocycles. The molecule has 2 heterocycles. The molecule has 0 radical (unpaired) electrons. The molecule has 0 spiro atoms. The monoisotopic (exact) mass is 426 g/mol. The number of halogens is 2. The van der Waals surface area contributed by atoms with Crippen molar-refractivity contribution in [2.45, 2.75) is 26.7 Å². The topological polar surface area (TPSA) is 59.0 Å². The fourth-order valence-corrected chi connectivity index (χ4v) is 3.34. The van der Waals surface area contributed by atoms with Crippen molar-refractivity contribution in [3.8, 4) is 5.69 Å². The number of carbonyl (C=O) groups is 1. The molecule has 1 aromatic heterocycles. The third-order valence-electron chi connectivity index (χ3n) is 4.81. The second kappa shape index (κ2) is 8.34. The van der Waals surface area contributed by atoms with Gasteiger partial charge in [0.05, 0.1) is 23.1 Å². The van der Waals surface area contributed by atoms with Crippen molar-refractivity contribution < 1.29 is 4.79 Å². The molecule has 7 heteroatoms. The van der Waals surface area contributed by atoms with Gasteiger partial charge in [0, 0.05) is 11.0 Å². The van der Waals surface area contributed by atoms with Crippen LogP contribution in [0.15, 0.2) is 34.9 Å². The van der Waals surface area contributed by atoms with Crippen molar-refractivity contribution in [1.29, 1.82) is 0 Å². The van der Waals surface area contributed by atoms with Crippen LogP contribution in [-0.2, 0) is 0 Å². The van der Waals surface area contributed by atoms with Gasteiger partial charge >= 0.3 is 0 Å². The first-order valence-corrected chi connectivity index (χ1v) is 9.07. The van der Waals surface area contributed by atoms with Gasteiger partial charge in [-0.15, -0.1) is 12.4 Å². The zero-order valence-electron chi connectivity index (χ0n) is 14.5. The van der Waals surface area contributed by atoms with Crippen molar-refractivity contribution in [1.82, 2.24) is 20.4 Å². The molecule has 136 valence electrons. The normalized spacial score (nSPS) is 16.1. The average molecular weight is 428 g/mol. The van der Waals surface area contributed by atoms with Gasteiger partial charge in [-0.2, -0.15) is 5.10 Å². The summed E-state index contributed by atoms with van der Waals surface area (Å²) in [6.07, 6.45) is 3.83. The fourth-order valence-electron chi connectivity index (χ4n) is 3.07. The van der Waals surface area contributed by atoms with Crippen molar-refractivity contribution in [2.24, 2.45) is 5.41 Å². The zero-order chi connectivity index (χ0) is 17.2. The molecule has 5 nitrogen and oxygen atoms in total. The highest BCUT2D eigenvalue weighted by molar-refractivity contribution is 9.10. The molecule has 2 N–H and O–H groups in total. The maximum atomic E-state index is 12.6. The number of benzene rings is 1. The standard InChI is InChI=1S/C18H23BrN4O.ClH/c1-13-16(11-22-23(13)15-5-3-14(19)4-6-15)17(24)21-12-18(2)7-9-20-10-8-18;/h3-6,11,20H,7-10,12H2,1-2H3,(H,21,24);1H. The van der Waals surface area contributed by atoms with E-state index in [2.05, 4.69) is 38.6 Å². The van der Waals surface area contributed by atoms with Gasteiger partial charge in [0.15, 0.2) is 0 Å². The molecule has 2 aromatic rings. The summed E-state index contributed by atoms with van der Waals surface area (Å²) in [5.41, 5.74) is 2.61. The van der Waals surface area contributed by atoms with Gasteiger partial charge in [-0.25, -0.2) is 4.68 Å². The molecule has 0 atom stereocenters. The number of hydrogen-bond donors (Lipinski definition) is 2. The first kappa shape index (κ1) is 19.9. The summed E-state index contributed by atoms with van der Waals surface area (Å²) in [6.45, 7) is 6.92. The van der Waals surface area contributed by atoms with Crippen LogP contribution in [0.25, 0.3) is 5.69 Å². The lowest BCUT2D eigenvalue weighted by Crippen LogP contribution is -2.43. The van der Waals surface area contributed by atoms with Crippen molar-refractivity contribution >= 4 is 34.2 Å². The number of nitrogens with zero attached hydrogens (tertiary/aromatic N) is 2. The Hall–Kier alpha value is -1.37. The molecular weight excluding hydrogens is 404 g/mol. The molecule has 1 aliphatic rings. The zero-order valence-corrected chi connectivity index (χ0v) is 16.9. The van der Waals surface area contributed by atoms with Gasteiger partial charge in [0.2, 0.25) is 0 Å². The average Bonchev–Trinajstić information content (AvgIpc) is 2.96. The minimum Gasteiger partial charge on any atom is -0.351 e. The Balaban J connectivity index is 0.00000225. The Kier molecular flexibility index (Phi) is 6.65. The summed E-state index contributed by atoms with van der Waals surface area (Å²) in [7, 11) is 0. The van der Waals surface area contributed by atoms with Crippen LogP contribution in [0.5, 0.6) is 0 Å². The summed E-state index contributed by atoms with van der Waals surface area (Å²) in [6, 6.07) is 7.88. The van der Waals surface area contributed by atoms with E-state index in [0.717, 1.165) is 41.8 Å². The summed E-state index contributed by atoms with van der Waals surface area (Å²) in [5, 5.41) is 10.8. The molecule has 1 amide bonds. The number of carbonyl (C=O) groups excluding carboxylic acids is 1. The van der Waals surface area contributed by atoms with Crippen molar-refractivity contribution in [2.75, 3.05) is 19.6 Å². The number of piperidine rings is 1. The summed E-state index contributed by atoms with van der Waals surface area (Å²) in [5.74, 6) is -0.0457. The van der Waals surface area contributed by atoms with E-state index in [0.29, 0.717) is 12.1 Å². The van der Waals surface area contributed by atoms with Crippen LogP contribution in [0.1, 0.15) is 35.8 Å². The molecular formula is C18H24BrClN4O. The Morgan fingerprint density at radius 2 is 1.96 bits per heavy atom. The second-order valence-corrected chi connectivity index (χ2v) is 7.69. The quantitative estimate of drug-likeness (QED) is 0.785. The molecule has 0 saturated carbocycles. The lowest BCUT2D eigenvalue weighted by Gasteiger charge is -2.34. The SMILES string of the molecule is Cc1c(C(=O)NCC2(C)CCNCC2)cnn1-c1ccc(Br)cc1.Cl. The molecule has 0 aliphatic carbocycles. The third kappa shape index (κ3) is 4.63. The van der Waals surface area contributed by atoms with Crippen molar-refractivity contribution in [3.63, 3.8) is 0 Å². The first-order valence-electron chi connectivity index (χ1n) is 8.28. The lowest BCUT2D eigenvalue weighted by atomic mass is 9.81. The van der Waals surface area contributed by atoms with Crippen LogP contribution < -0.4 is 10.6 Å². The van der Waals surface area contributed by atoms with E-state index < -0.39 is 0 Å². The number of aromatic nitrogens is 2. The van der Waals surface area contributed by atoms with Gasteiger partial charge in [0.1, 0.15) is 0 Å². The third-order valence-corrected chi connectivity index (χ3v) is 5.34. The Bertz CT molecular complexity index is 723. The van der Waals surface area contributed by atoms with E-state index >= 15 is 0 Å². The van der Waals surface area contributed by atoms with Gasteiger partial charge < -0.3 is 10.6 Å².